The van der Waals surface area contributed by atoms with E-state index in [2.05, 4.69) is 12.6 Å². The first-order chi connectivity index (χ1) is 5.49. The summed E-state index contributed by atoms with van der Waals surface area (Å²) in [5, 5.41) is 16.9. The zero-order valence-electron chi connectivity index (χ0n) is 6.30. The average molecular weight is 193 g/mol. The van der Waals surface area contributed by atoms with Crippen molar-refractivity contribution in [1.82, 2.24) is 0 Å². The van der Waals surface area contributed by atoms with Crippen LogP contribution in [0.2, 0.25) is 0 Å². The molecule has 0 radical (unpaired) electrons. The van der Waals surface area contributed by atoms with E-state index >= 15 is 0 Å². The van der Waals surface area contributed by atoms with E-state index in [1.165, 1.54) is 0 Å². The van der Waals surface area contributed by atoms with Crippen molar-refractivity contribution in [2.24, 2.45) is 11.7 Å². The van der Waals surface area contributed by atoms with E-state index in [4.69, 9.17) is 15.9 Å². The van der Waals surface area contributed by atoms with Crippen LogP contribution < -0.4 is 5.73 Å². The molecule has 0 bridgehead atoms. The van der Waals surface area contributed by atoms with Gasteiger partial charge in [-0.3, -0.25) is 9.59 Å². The summed E-state index contributed by atoms with van der Waals surface area (Å²) in [5.74, 6) is -3.87. The molecular weight excluding hydrogens is 182 g/mol. The molecule has 1 atom stereocenters. The van der Waals surface area contributed by atoms with Gasteiger partial charge in [0, 0.05) is 11.8 Å². The number of aliphatic carboxylic acids is 2. The molecule has 0 spiro atoms. The van der Waals surface area contributed by atoms with E-state index < -0.39 is 23.9 Å². The minimum Gasteiger partial charge on any atom is -0.481 e. The maximum absolute atomic E-state index is 10.3. The van der Waals surface area contributed by atoms with Crippen molar-refractivity contribution < 1.29 is 19.8 Å². The molecule has 0 saturated carbocycles. The number of rotatable bonds is 5. The van der Waals surface area contributed by atoms with E-state index in [9.17, 15) is 9.59 Å². The van der Waals surface area contributed by atoms with Crippen LogP contribution in [-0.2, 0) is 9.59 Å². The van der Waals surface area contributed by atoms with Gasteiger partial charge < -0.3 is 15.9 Å². The molecule has 6 heteroatoms. The molecule has 0 saturated heterocycles. The van der Waals surface area contributed by atoms with Gasteiger partial charge in [-0.05, 0) is 6.42 Å². The van der Waals surface area contributed by atoms with Crippen molar-refractivity contribution >= 4 is 24.6 Å². The summed E-state index contributed by atoms with van der Waals surface area (Å²) < 4.78 is 0. The topological polar surface area (TPSA) is 101 Å². The highest BCUT2D eigenvalue weighted by Crippen LogP contribution is 2.07. The lowest BCUT2D eigenvalue weighted by atomic mass is 10.0. The number of thiol groups is 1. The fourth-order valence-electron chi connectivity index (χ4n) is 0.685. The lowest BCUT2D eigenvalue weighted by Gasteiger charge is -2.11. The van der Waals surface area contributed by atoms with Crippen molar-refractivity contribution in [3.8, 4) is 0 Å². The first-order valence-corrected chi connectivity index (χ1v) is 3.94. The Balaban J connectivity index is 4.14. The third-order valence-electron chi connectivity index (χ3n) is 1.37. The quantitative estimate of drug-likeness (QED) is 0.345. The van der Waals surface area contributed by atoms with Crippen LogP contribution in [0.1, 0.15) is 6.42 Å². The van der Waals surface area contributed by atoms with Crippen molar-refractivity contribution in [2.75, 3.05) is 5.75 Å². The molecule has 0 amide bonds. The molecule has 0 rings (SSSR count). The van der Waals surface area contributed by atoms with Crippen LogP contribution in [0.4, 0.5) is 0 Å². The number of nitrogens with two attached hydrogens (primary N) is 1. The Hall–Kier alpha value is -0.750. The highest BCUT2D eigenvalue weighted by atomic mass is 32.1. The highest BCUT2D eigenvalue weighted by Gasteiger charge is 2.27. The predicted octanol–water partition coefficient (Wildman–Crippen LogP) is -0.581. The van der Waals surface area contributed by atoms with Crippen molar-refractivity contribution in [3.63, 3.8) is 0 Å². The number of carbonyl (C=O) groups is 2. The lowest BCUT2D eigenvalue weighted by Crippen LogP contribution is -2.33. The average Bonchev–Trinajstić information content (AvgIpc) is 1.98. The predicted molar refractivity (Wildman–Crippen MR) is 45.2 cm³/mol. The highest BCUT2D eigenvalue weighted by molar-refractivity contribution is 7.80. The Bertz CT molecular complexity index is 170. The van der Waals surface area contributed by atoms with E-state index in [1.807, 2.05) is 0 Å². The van der Waals surface area contributed by atoms with Crippen molar-refractivity contribution in [1.29, 1.82) is 0 Å². The molecule has 0 aliphatic rings. The molecule has 0 aromatic heterocycles. The van der Waals surface area contributed by atoms with Gasteiger partial charge in [0.2, 0.25) is 0 Å². The normalized spacial score (nSPS) is 12.9. The molecule has 0 aliphatic carbocycles. The molecule has 70 valence electrons. The van der Waals surface area contributed by atoms with Gasteiger partial charge in [-0.1, -0.05) is 0 Å². The Kier molecular flexibility index (Phi) is 4.68. The van der Waals surface area contributed by atoms with Gasteiger partial charge in [0.05, 0.1) is 0 Å². The summed E-state index contributed by atoms with van der Waals surface area (Å²) in [5.41, 5.74) is 5.35. The van der Waals surface area contributed by atoms with E-state index in [-0.39, 0.29) is 12.2 Å². The summed E-state index contributed by atoms with van der Waals surface area (Å²) in [6.07, 6.45) is -0.0891. The summed E-state index contributed by atoms with van der Waals surface area (Å²) in [7, 11) is 0. The molecule has 0 heterocycles. The zero-order valence-corrected chi connectivity index (χ0v) is 7.20. The summed E-state index contributed by atoms with van der Waals surface area (Å²) in [6.45, 7) is 0. The largest absolute Gasteiger partial charge is 0.481 e. The van der Waals surface area contributed by atoms with Gasteiger partial charge in [0.1, 0.15) is 0 Å². The van der Waals surface area contributed by atoms with Crippen LogP contribution in [0.5, 0.6) is 0 Å². The molecule has 0 aromatic rings. The van der Waals surface area contributed by atoms with Gasteiger partial charge in [0.15, 0.2) is 5.92 Å². The number of hydrogen-bond donors (Lipinski definition) is 4. The number of hydrogen-bond acceptors (Lipinski definition) is 4. The Morgan fingerprint density at radius 2 is 1.75 bits per heavy atom. The summed E-state index contributed by atoms with van der Waals surface area (Å²) in [4.78, 5) is 20.7. The summed E-state index contributed by atoms with van der Waals surface area (Å²) in [6, 6.07) is -0.495. The molecule has 12 heavy (non-hydrogen) atoms. The minimum atomic E-state index is -1.42. The van der Waals surface area contributed by atoms with Crippen molar-refractivity contribution in [3.05, 3.63) is 0 Å². The third-order valence-corrected chi connectivity index (χ3v) is 1.84. The Morgan fingerprint density at radius 1 is 1.33 bits per heavy atom. The molecular formula is C6H11NO4S. The van der Waals surface area contributed by atoms with Crippen LogP contribution >= 0.6 is 12.6 Å². The van der Waals surface area contributed by atoms with Gasteiger partial charge in [-0.15, -0.1) is 0 Å². The lowest BCUT2D eigenvalue weighted by molar-refractivity contribution is -0.154. The third kappa shape index (κ3) is 3.59. The molecule has 0 aliphatic heterocycles. The fourth-order valence-corrected chi connectivity index (χ4v) is 0.834. The molecule has 4 N–H and O–H groups in total. The van der Waals surface area contributed by atoms with Crippen LogP contribution in [0.3, 0.4) is 0 Å². The molecule has 5 nitrogen and oxygen atoms in total. The van der Waals surface area contributed by atoms with Gasteiger partial charge >= 0.3 is 11.9 Å². The minimum absolute atomic E-state index is 0.0891. The van der Waals surface area contributed by atoms with Crippen molar-refractivity contribution in [2.45, 2.75) is 12.5 Å². The molecule has 1 unspecified atom stereocenters. The molecule has 0 fully saturated rings. The van der Waals surface area contributed by atoms with Gasteiger partial charge in [0.25, 0.3) is 0 Å². The second-order valence-electron chi connectivity index (χ2n) is 2.41. The first-order valence-electron chi connectivity index (χ1n) is 3.31. The smallest absolute Gasteiger partial charge is 0.317 e. The van der Waals surface area contributed by atoms with Crippen LogP contribution in [0, 0.1) is 5.92 Å². The monoisotopic (exact) mass is 193 g/mol. The summed E-state index contributed by atoms with van der Waals surface area (Å²) >= 11 is 3.82. The van der Waals surface area contributed by atoms with Gasteiger partial charge in [-0.2, -0.15) is 12.6 Å². The first kappa shape index (κ1) is 11.2. The van der Waals surface area contributed by atoms with E-state index in [1.54, 1.807) is 0 Å². The van der Waals surface area contributed by atoms with Gasteiger partial charge in [-0.25, -0.2) is 0 Å². The standard InChI is InChI=1S/C6H11NO4S/c7-3(2-12)1-4(5(8)9)6(10)11/h3-4,12H,1-2,7H2,(H,8,9)(H,10,11). The maximum atomic E-state index is 10.3. The SMILES string of the molecule is NC(CS)CC(C(=O)O)C(=O)O. The van der Waals surface area contributed by atoms with Crippen LogP contribution in [-0.4, -0.2) is 33.9 Å². The second-order valence-corrected chi connectivity index (χ2v) is 2.77. The number of carboxylic acid groups (broad SMARTS) is 2. The van der Waals surface area contributed by atoms with Crippen LogP contribution in [0.15, 0.2) is 0 Å². The Morgan fingerprint density at radius 3 is 2.00 bits per heavy atom. The van der Waals surface area contributed by atoms with Crippen LogP contribution in [0.25, 0.3) is 0 Å². The fraction of sp³-hybridized carbons (Fsp3) is 0.667. The van der Waals surface area contributed by atoms with E-state index in [0.29, 0.717) is 0 Å². The zero-order chi connectivity index (χ0) is 9.72. The van der Waals surface area contributed by atoms with E-state index in [0.717, 1.165) is 0 Å². The second kappa shape index (κ2) is 5.00. The number of carboxylic acids is 2. The Labute approximate surface area is 75.0 Å². The maximum Gasteiger partial charge on any atom is 0.317 e. The molecule has 0 aromatic carbocycles.